The van der Waals surface area contributed by atoms with Crippen LogP contribution in [-0.4, -0.2) is 37.7 Å². The molecule has 0 aromatic heterocycles. The van der Waals surface area contributed by atoms with E-state index in [0.717, 1.165) is 29.0 Å². The quantitative estimate of drug-likeness (QED) is 0.838. The number of halogens is 1. The molecule has 1 aromatic carbocycles. The smallest absolute Gasteiger partial charge is 0.140 e. The number of hydrogen-bond donors (Lipinski definition) is 0. The maximum Gasteiger partial charge on any atom is 0.140 e. The van der Waals surface area contributed by atoms with Gasteiger partial charge in [0.25, 0.3) is 0 Å². The minimum absolute atomic E-state index is 0.503. The maximum atomic E-state index is 5.95. The minimum atomic E-state index is 0.503. The van der Waals surface area contributed by atoms with Crippen LogP contribution in [0.1, 0.15) is 18.4 Å². The molecule has 18 heavy (non-hydrogen) atoms. The number of ether oxygens (including phenoxy) is 2. The highest BCUT2D eigenvalue weighted by Gasteiger charge is 2.30. The van der Waals surface area contributed by atoms with Crippen molar-refractivity contribution in [2.75, 3.05) is 26.8 Å². The predicted octanol–water partition coefficient (Wildman–Crippen LogP) is 2.86. The molecule has 0 bridgehead atoms. The lowest BCUT2D eigenvalue weighted by Crippen LogP contribution is -2.41. The van der Waals surface area contributed by atoms with Gasteiger partial charge in [0, 0.05) is 11.6 Å². The van der Waals surface area contributed by atoms with E-state index >= 15 is 0 Å². The number of benzene rings is 1. The number of rotatable bonds is 2. The van der Waals surface area contributed by atoms with E-state index in [-0.39, 0.29) is 0 Å². The van der Waals surface area contributed by atoms with Crippen molar-refractivity contribution < 1.29 is 9.47 Å². The molecule has 0 unspecified atom stereocenters. The summed E-state index contributed by atoms with van der Waals surface area (Å²) in [6.07, 6.45) is 3.66. The Bertz CT molecular complexity index is 444. The van der Waals surface area contributed by atoms with E-state index in [9.17, 15) is 0 Å². The van der Waals surface area contributed by atoms with Gasteiger partial charge in [-0.05, 0) is 60.4 Å². The molecular weight excluding hydrogens is 294 g/mol. The van der Waals surface area contributed by atoms with Crippen molar-refractivity contribution in [2.45, 2.75) is 25.3 Å². The molecule has 0 saturated carbocycles. The standard InChI is InChI=1S/C14H18BrNO2/c1-17-13-5-4-12(15)14-11(13)8-10(9-18-14)16-6-2-3-7-16/h4-5,10H,2-3,6-9H2,1H3/t10-/m1/s1. The number of nitrogens with zero attached hydrogens (tertiary/aromatic N) is 1. The fourth-order valence-corrected chi connectivity index (χ4v) is 3.42. The van der Waals surface area contributed by atoms with Crippen molar-refractivity contribution in [2.24, 2.45) is 0 Å². The zero-order valence-electron chi connectivity index (χ0n) is 10.6. The molecule has 2 aliphatic rings. The molecule has 3 nitrogen and oxygen atoms in total. The highest BCUT2D eigenvalue weighted by atomic mass is 79.9. The van der Waals surface area contributed by atoms with Gasteiger partial charge >= 0.3 is 0 Å². The van der Waals surface area contributed by atoms with Crippen molar-refractivity contribution in [1.29, 1.82) is 0 Å². The van der Waals surface area contributed by atoms with Gasteiger partial charge in [-0.1, -0.05) is 0 Å². The monoisotopic (exact) mass is 311 g/mol. The Kier molecular flexibility index (Phi) is 3.48. The normalized spacial score (nSPS) is 23.6. The minimum Gasteiger partial charge on any atom is -0.496 e. The number of hydrogen-bond acceptors (Lipinski definition) is 3. The fraction of sp³-hybridized carbons (Fsp3) is 0.571. The van der Waals surface area contributed by atoms with Gasteiger partial charge in [-0.15, -0.1) is 0 Å². The van der Waals surface area contributed by atoms with Crippen LogP contribution in [0.25, 0.3) is 0 Å². The van der Waals surface area contributed by atoms with Crippen LogP contribution in [0.15, 0.2) is 16.6 Å². The lowest BCUT2D eigenvalue weighted by Gasteiger charge is -2.33. The molecule has 0 radical (unpaired) electrons. The van der Waals surface area contributed by atoms with E-state index in [2.05, 4.69) is 20.8 Å². The first-order valence-electron chi connectivity index (χ1n) is 6.52. The van der Waals surface area contributed by atoms with Crippen molar-refractivity contribution >= 4 is 15.9 Å². The number of fused-ring (bicyclic) bond motifs is 1. The highest BCUT2D eigenvalue weighted by molar-refractivity contribution is 9.10. The first kappa shape index (κ1) is 12.3. The van der Waals surface area contributed by atoms with Crippen molar-refractivity contribution in [3.05, 3.63) is 22.2 Å². The van der Waals surface area contributed by atoms with Gasteiger partial charge in [0.1, 0.15) is 18.1 Å². The molecule has 1 atom stereocenters. The van der Waals surface area contributed by atoms with Gasteiger partial charge in [0.2, 0.25) is 0 Å². The zero-order valence-corrected chi connectivity index (χ0v) is 12.2. The van der Waals surface area contributed by atoms with Gasteiger partial charge in [-0.2, -0.15) is 0 Å². The van der Waals surface area contributed by atoms with Crippen molar-refractivity contribution in [3.63, 3.8) is 0 Å². The Hall–Kier alpha value is -0.740. The first-order chi connectivity index (χ1) is 8.79. The van der Waals surface area contributed by atoms with Crippen LogP contribution < -0.4 is 9.47 Å². The van der Waals surface area contributed by atoms with E-state index in [0.29, 0.717) is 6.04 Å². The summed E-state index contributed by atoms with van der Waals surface area (Å²) in [5.41, 5.74) is 1.20. The third-order valence-corrected chi connectivity index (χ3v) is 4.53. The van der Waals surface area contributed by atoms with Crippen LogP contribution in [0, 0.1) is 0 Å². The third kappa shape index (κ3) is 2.12. The van der Waals surface area contributed by atoms with Crippen LogP contribution in [-0.2, 0) is 6.42 Å². The highest BCUT2D eigenvalue weighted by Crippen LogP contribution is 2.39. The first-order valence-corrected chi connectivity index (χ1v) is 7.31. The van der Waals surface area contributed by atoms with E-state index in [1.54, 1.807) is 7.11 Å². The van der Waals surface area contributed by atoms with Crippen LogP contribution in [0.4, 0.5) is 0 Å². The number of likely N-dealkylation sites (tertiary alicyclic amines) is 1. The summed E-state index contributed by atoms with van der Waals surface area (Å²) in [6, 6.07) is 4.51. The molecule has 0 N–H and O–H groups in total. The molecule has 1 fully saturated rings. The molecule has 2 heterocycles. The second-order valence-corrected chi connectivity index (χ2v) is 5.82. The fourth-order valence-electron chi connectivity index (χ4n) is 2.94. The summed E-state index contributed by atoms with van der Waals surface area (Å²) in [5.74, 6) is 1.90. The SMILES string of the molecule is COc1ccc(Br)c2c1C[C@@H](N1CCCC1)CO2. The molecule has 3 rings (SSSR count). The maximum absolute atomic E-state index is 5.95. The summed E-state index contributed by atoms with van der Waals surface area (Å²) in [5, 5.41) is 0. The Balaban J connectivity index is 1.88. The molecule has 0 spiro atoms. The topological polar surface area (TPSA) is 21.7 Å². The lowest BCUT2D eigenvalue weighted by atomic mass is 10.0. The second kappa shape index (κ2) is 5.10. The van der Waals surface area contributed by atoms with Gasteiger partial charge in [-0.25, -0.2) is 0 Å². The average molecular weight is 312 g/mol. The van der Waals surface area contributed by atoms with Crippen LogP contribution in [0.2, 0.25) is 0 Å². The molecule has 98 valence electrons. The molecule has 2 aliphatic heterocycles. The molecule has 1 saturated heterocycles. The van der Waals surface area contributed by atoms with Gasteiger partial charge in [0.15, 0.2) is 0 Å². The van der Waals surface area contributed by atoms with Gasteiger partial charge < -0.3 is 9.47 Å². The Labute approximate surface area is 116 Å². The largest absolute Gasteiger partial charge is 0.496 e. The van der Waals surface area contributed by atoms with E-state index in [1.165, 1.54) is 31.5 Å². The van der Waals surface area contributed by atoms with Crippen LogP contribution >= 0.6 is 15.9 Å². The Morgan fingerprint density at radius 3 is 2.83 bits per heavy atom. The van der Waals surface area contributed by atoms with Gasteiger partial charge in [0.05, 0.1) is 11.6 Å². The summed E-state index contributed by atoms with van der Waals surface area (Å²) in [4.78, 5) is 2.54. The predicted molar refractivity (Wildman–Crippen MR) is 74.5 cm³/mol. The van der Waals surface area contributed by atoms with E-state index < -0.39 is 0 Å². The van der Waals surface area contributed by atoms with E-state index in [4.69, 9.17) is 9.47 Å². The van der Waals surface area contributed by atoms with Crippen LogP contribution in [0.5, 0.6) is 11.5 Å². The molecule has 1 aromatic rings. The third-order valence-electron chi connectivity index (χ3n) is 3.91. The molecule has 0 amide bonds. The summed E-state index contributed by atoms with van der Waals surface area (Å²) in [6.45, 7) is 3.21. The zero-order chi connectivity index (χ0) is 12.5. The Morgan fingerprint density at radius 2 is 2.11 bits per heavy atom. The lowest BCUT2D eigenvalue weighted by molar-refractivity contribution is 0.139. The molecule has 0 aliphatic carbocycles. The summed E-state index contributed by atoms with van der Waals surface area (Å²) >= 11 is 3.55. The summed E-state index contributed by atoms with van der Waals surface area (Å²) < 4.78 is 12.4. The summed E-state index contributed by atoms with van der Waals surface area (Å²) in [7, 11) is 1.73. The van der Waals surface area contributed by atoms with Gasteiger partial charge in [-0.3, -0.25) is 4.90 Å². The molecular formula is C14H18BrNO2. The van der Waals surface area contributed by atoms with Crippen molar-refractivity contribution in [1.82, 2.24) is 4.90 Å². The Morgan fingerprint density at radius 1 is 1.33 bits per heavy atom. The van der Waals surface area contributed by atoms with E-state index in [1.807, 2.05) is 12.1 Å². The average Bonchev–Trinajstić information content (AvgIpc) is 2.93. The van der Waals surface area contributed by atoms with Crippen LogP contribution in [0.3, 0.4) is 0 Å². The van der Waals surface area contributed by atoms with Crippen molar-refractivity contribution in [3.8, 4) is 11.5 Å². The second-order valence-electron chi connectivity index (χ2n) is 4.97. The molecule has 4 heteroatoms. The number of methoxy groups -OCH3 is 1.